The number of rotatable bonds is 6. The van der Waals surface area contributed by atoms with Gasteiger partial charge >= 0.3 is 0 Å². The van der Waals surface area contributed by atoms with Crippen LogP contribution in [0.3, 0.4) is 0 Å². The maximum absolute atomic E-state index is 13.0. The second-order valence-electron chi connectivity index (χ2n) is 8.75. The molecule has 0 spiro atoms. The van der Waals surface area contributed by atoms with E-state index >= 15 is 0 Å². The van der Waals surface area contributed by atoms with Crippen LogP contribution in [0.2, 0.25) is 0 Å². The Labute approximate surface area is 215 Å². The van der Waals surface area contributed by atoms with Gasteiger partial charge in [-0.3, -0.25) is 20.2 Å². The summed E-state index contributed by atoms with van der Waals surface area (Å²) < 4.78 is 10.7. The molecule has 0 atom stereocenters. The topological polar surface area (TPSA) is 100 Å². The molecule has 4 rings (SSSR count). The zero-order valence-corrected chi connectivity index (χ0v) is 21.4. The Morgan fingerprint density at radius 2 is 1.58 bits per heavy atom. The lowest BCUT2D eigenvalue weighted by Crippen LogP contribution is -2.52. The van der Waals surface area contributed by atoms with Crippen molar-refractivity contribution in [2.24, 2.45) is 0 Å². The van der Waals surface area contributed by atoms with Gasteiger partial charge in [0, 0.05) is 51.0 Å². The number of nitro groups is 1. The highest BCUT2D eigenvalue weighted by Crippen LogP contribution is 2.34. The van der Waals surface area contributed by atoms with Gasteiger partial charge in [-0.2, -0.15) is 0 Å². The van der Waals surface area contributed by atoms with Crippen LogP contribution in [0.15, 0.2) is 36.4 Å². The van der Waals surface area contributed by atoms with Crippen molar-refractivity contribution in [3.05, 3.63) is 52.1 Å². The zero-order valence-electron chi connectivity index (χ0n) is 20.6. The average Bonchev–Trinajstić information content (AvgIpc) is 2.92. The minimum atomic E-state index is -0.390. The number of hydrogen-bond donors (Lipinski definition) is 1. The Kier molecular flexibility index (Phi) is 8.09. The summed E-state index contributed by atoms with van der Waals surface area (Å²) in [7, 11) is 3.00. The Bertz CT molecular complexity index is 1110. The molecule has 10 nitrogen and oxygen atoms in total. The van der Waals surface area contributed by atoms with Gasteiger partial charge in [-0.1, -0.05) is 6.07 Å². The molecule has 0 saturated carbocycles. The molecule has 192 valence electrons. The highest BCUT2D eigenvalue weighted by atomic mass is 32.1. The standard InChI is InChI=1S/C25H31N5O5S/c1-34-21-7-6-8-22(35-2)23(21)24(31)26-25(36)29-15-13-27(14-16-29)18-9-10-19(30(32)33)20(17-18)28-11-4-3-5-12-28/h6-10,17H,3-5,11-16H2,1-2H3,(H,26,31,36). The van der Waals surface area contributed by atoms with Gasteiger partial charge in [0.1, 0.15) is 22.7 Å². The molecule has 36 heavy (non-hydrogen) atoms. The number of carbonyl (C=O) groups excluding carboxylic acids is 1. The first-order chi connectivity index (χ1) is 17.4. The van der Waals surface area contributed by atoms with Crippen LogP contribution in [-0.4, -0.2) is 74.3 Å². The number of ether oxygens (including phenoxy) is 2. The summed E-state index contributed by atoms with van der Waals surface area (Å²) in [5.41, 5.74) is 2.08. The largest absolute Gasteiger partial charge is 0.496 e. The molecule has 0 unspecified atom stereocenters. The number of methoxy groups -OCH3 is 2. The SMILES string of the molecule is COc1cccc(OC)c1C(=O)NC(=S)N1CCN(c2ccc([N+](=O)[O-])c(N3CCCCC3)c2)CC1. The number of piperidine rings is 1. The molecule has 2 heterocycles. The number of nitrogens with zero attached hydrogens (tertiary/aromatic N) is 4. The van der Waals surface area contributed by atoms with Gasteiger partial charge in [0.2, 0.25) is 0 Å². The summed E-state index contributed by atoms with van der Waals surface area (Å²) in [6.07, 6.45) is 3.25. The van der Waals surface area contributed by atoms with Gasteiger partial charge in [-0.05, 0) is 55.7 Å². The van der Waals surface area contributed by atoms with E-state index in [1.54, 1.807) is 24.3 Å². The van der Waals surface area contributed by atoms with Crippen molar-refractivity contribution in [2.45, 2.75) is 19.3 Å². The number of carbonyl (C=O) groups is 1. The quantitative estimate of drug-likeness (QED) is 0.354. The molecule has 0 aliphatic carbocycles. The molecule has 2 aliphatic rings. The molecule has 0 bridgehead atoms. The first kappa shape index (κ1) is 25.5. The van der Waals surface area contributed by atoms with Crippen LogP contribution in [-0.2, 0) is 0 Å². The number of nitrogens with one attached hydrogen (secondary N) is 1. The smallest absolute Gasteiger partial charge is 0.292 e. The minimum Gasteiger partial charge on any atom is -0.496 e. The first-order valence-electron chi connectivity index (χ1n) is 12.0. The molecule has 2 aromatic carbocycles. The van der Waals surface area contributed by atoms with E-state index < -0.39 is 5.91 Å². The fraction of sp³-hybridized carbons (Fsp3) is 0.440. The lowest BCUT2D eigenvalue weighted by molar-refractivity contribution is -0.384. The summed E-state index contributed by atoms with van der Waals surface area (Å²) in [4.78, 5) is 30.6. The van der Waals surface area contributed by atoms with Crippen molar-refractivity contribution in [2.75, 3.05) is 63.3 Å². The molecular weight excluding hydrogens is 482 g/mol. The molecule has 2 aliphatic heterocycles. The number of benzene rings is 2. The van der Waals surface area contributed by atoms with E-state index in [0.717, 1.165) is 38.0 Å². The molecule has 0 radical (unpaired) electrons. The number of hydrogen-bond acceptors (Lipinski definition) is 8. The molecule has 2 fully saturated rings. The van der Waals surface area contributed by atoms with E-state index in [0.29, 0.717) is 54.0 Å². The third-order valence-corrected chi connectivity index (χ3v) is 7.02. The second kappa shape index (κ2) is 11.4. The molecule has 0 aromatic heterocycles. The zero-order chi connectivity index (χ0) is 25.7. The summed E-state index contributed by atoms with van der Waals surface area (Å²) in [5, 5.41) is 14.8. The van der Waals surface area contributed by atoms with Crippen LogP contribution in [0.4, 0.5) is 17.1 Å². The lowest BCUT2D eigenvalue weighted by atomic mass is 10.1. The normalized spacial score (nSPS) is 15.9. The summed E-state index contributed by atoms with van der Waals surface area (Å²) in [5.74, 6) is 0.419. The molecule has 1 N–H and O–H groups in total. The van der Waals surface area contributed by atoms with E-state index in [-0.39, 0.29) is 10.6 Å². The Morgan fingerprint density at radius 1 is 0.944 bits per heavy atom. The van der Waals surface area contributed by atoms with Crippen molar-refractivity contribution in [3.63, 3.8) is 0 Å². The highest BCUT2D eigenvalue weighted by Gasteiger charge is 2.26. The number of piperazine rings is 1. The van der Waals surface area contributed by atoms with Crippen LogP contribution < -0.4 is 24.6 Å². The van der Waals surface area contributed by atoms with E-state index in [1.165, 1.54) is 14.2 Å². The van der Waals surface area contributed by atoms with Crippen molar-refractivity contribution in [1.29, 1.82) is 0 Å². The van der Waals surface area contributed by atoms with Gasteiger partial charge in [-0.25, -0.2) is 0 Å². The highest BCUT2D eigenvalue weighted by molar-refractivity contribution is 7.80. The third kappa shape index (κ3) is 5.46. The molecule has 2 aromatic rings. The van der Waals surface area contributed by atoms with E-state index in [1.807, 2.05) is 17.0 Å². The van der Waals surface area contributed by atoms with Crippen LogP contribution >= 0.6 is 12.2 Å². The maximum atomic E-state index is 13.0. The molecule has 1 amide bonds. The minimum absolute atomic E-state index is 0.148. The summed E-state index contributed by atoms with van der Waals surface area (Å²) in [6, 6.07) is 10.5. The Morgan fingerprint density at radius 3 is 2.17 bits per heavy atom. The summed E-state index contributed by atoms with van der Waals surface area (Å²) >= 11 is 5.53. The van der Waals surface area contributed by atoms with Crippen LogP contribution in [0.25, 0.3) is 0 Å². The number of amides is 1. The number of thiocarbonyl (C=S) groups is 1. The van der Waals surface area contributed by atoms with Crippen molar-refractivity contribution < 1.29 is 19.2 Å². The number of nitro benzene ring substituents is 1. The maximum Gasteiger partial charge on any atom is 0.292 e. The van der Waals surface area contributed by atoms with Crippen LogP contribution in [0.1, 0.15) is 29.6 Å². The van der Waals surface area contributed by atoms with Crippen molar-refractivity contribution in [1.82, 2.24) is 10.2 Å². The Balaban J connectivity index is 1.41. The van der Waals surface area contributed by atoms with Crippen molar-refractivity contribution in [3.8, 4) is 11.5 Å². The predicted molar refractivity (Wildman–Crippen MR) is 143 cm³/mol. The molecule has 2 saturated heterocycles. The molecular formula is C25H31N5O5S. The fourth-order valence-corrected chi connectivity index (χ4v) is 5.01. The van der Waals surface area contributed by atoms with Gasteiger partial charge in [-0.15, -0.1) is 0 Å². The van der Waals surface area contributed by atoms with E-state index in [2.05, 4.69) is 15.1 Å². The van der Waals surface area contributed by atoms with Crippen LogP contribution in [0, 0.1) is 10.1 Å². The lowest BCUT2D eigenvalue weighted by Gasteiger charge is -2.37. The average molecular weight is 514 g/mol. The summed E-state index contributed by atoms with van der Waals surface area (Å²) in [6.45, 7) is 4.24. The van der Waals surface area contributed by atoms with Gasteiger partial charge in [0.25, 0.3) is 11.6 Å². The first-order valence-corrected chi connectivity index (χ1v) is 12.4. The Hall–Kier alpha value is -3.60. The monoisotopic (exact) mass is 513 g/mol. The van der Waals surface area contributed by atoms with Gasteiger partial charge < -0.3 is 24.2 Å². The van der Waals surface area contributed by atoms with Gasteiger partial charge in [0.15, 0.2) is 5.11 Å². The molecule has 11 heteroatoms. The van der Waals surface area contributed by atoms with Crippen LogP contribution in [0.5, 0.6) is 11.5 Å². The second-order valence-corrected chi connectivity index (χ2v) is 9.14. The van der Waals surface area contributed by atoms with Gasteiger partial charge in [0.05, 0.1) is 19.1 Å². The van der Waals surface area contributed by atoms with E-state index in [4.69, 9.17) is 21.7 Å². The van der Waals surface area contributed by atoms with E-state index in [9.17, 15) is 14.9 Å². The third-order valence-electron chi connectivity index (χ3n) is 6.66. The predicted octanol–water partition coefficient (Wildman–Crippen LogP) is 3.44. The fourth-order valence-electron chi connectivity index (χ4n) is 4.73. The van der Waals surface area contributed by atoms with Crippen molar-refractivity contribution >= 4 is 40.3 Å². The number of anilines is 2.